The fraction of sp³-hybridized carbons (Fsp3) is 0.304. The van der Waals surface area contributed by atoms with Gasteiger partial charge in [-0.25, -0.2) is 17.8 Å². The summed E-state index contributed by atoms with van der Waals surface area (Å²) in [5, 5.41) is 2.46. The minimum absolute atomic E-state index is 0.0326. The van der Waals surface area contributed by atoms with Crippen LogP contribution in [0.15, 0.2) is 30.8 Å². The number of benzene rings is 1. The number of hydrogen-bond donors (Lipinski definition) is 2. The quantitative estimate of drug-likeness (QED) is 0.216. The summed E-state index contributed by atoms with van der Waals surface area (Å²) in [4.78, 5) is 16.1. The van der Waals surface area contributed by atoms with Gasteiger partial charge in [0.25, 0.3) is 5.91 Å². The van der Waals surface area contributed by atoms with E-state index in [2.05, 4.69) is 22.8 Å². The molecule has 2 N–H and O–H groups in total. The first-order valence-electron chi connectivity index (χ1n) is 10.2. The van der Waals surface area contributed by atoms with Crippen LogP contribution in [0.4, 0.5) is 23.2 Å². The Morgan fingerprint density at radius 3 is 2.54 bits per heavy atom. The molecule has 2 aromatic rings. The Morgan fingerprint density at radius 1 is 1.29 bits per heavy atom. The molecule has 0 unspecified atom stereocenters. The molecule has 188 valence electrons. The van der Waals surface area contributed by atoms with Gasteiger partial charge in [-0.05, 0) is 36.2 Å². The highest BCUT2D eigenvalue weighted by Crippen LogP contribution is 2.32. The van der Waals surface area contributed by atoms with Gasteiger partial charge >= 0.3 is 6.18 Å². The summed E-state index contributed by atoms with van der Waals surface area (Å²) in [5.41, 5.74) is -1.71. The predicted octanol–water partition coefficient (Wildman–Crippen LogP) is 4.10. The molecular weight excluding hydrogens is 490 g/mol. The van der Waals surface area contributed by atoms with E-state index in [0.717, 1.165) is 24.8 Å². The Bertz CT molecular complexity index is 1270. The maximum Gasteiger partial charge on any atom is 0.433 e. The second-order valence-electron chi connectivity index (χ2n) is 7.43. The van der Waals surface area contributed by atoms with Gasteiger partial charge in [-0.15, -0.1) is 6.42 Å². The number of rotatable bonds is 10. The van der Waals surface area contributed by atoms with Gasteiger partial charge < -0.3 is 10.1 Å². The summed E-state index contributed by atoms with van der Waals surface area (Å²) in [5.74, 6) is 0.0651. The number of pyridine rings is 1. The van der Waals surface area contributed by atoms with Gasteiger partial charge in [-0.2, -0.15) is 13.2 Å². The van der Waals surface area contributed by atoms with Crippen LogP contribution in [0.1, 0.15) is 42.1 Å². The molecule has 0 aliphatic rings. The SMILES string of the molecule is C#Cc1cc(CNC(=O)C(=C)c2ccc(C(F)(F)F)nc2OCCCC)cc(F)c1NS(C)(=O)=O. The molecule has 7 nitrogen and oxygen atoms in total. The van der Waals surface area contributed by atoms with Crippen molar-refractivity contribution in [2.24, 2.45) is 0 Å². The second-order valence-corrected chi connectivity index (χ2v) is 9.18. The third-order valence-corrected chi connectivity index (χ3v) is 5.11. The van der Waals surface area contributed by atoms with E-state index in [9.17, 15) is 30.8 Å². The minimum Gasteiger partial charge on any atom is -0.477 e. The van der Waals surface area contributed by atoms with E-state index in [0.29, 0.717) is 12.5 Å². The lowest BCUT2D eigenvalue weighted by Gasteiger charge is -2.15. The van der Waals surface area contributed by atoms with Crippen LogP contribution >= 0.6 is 0 Å². The molecule has 12 heteroatoms. The summed E-state index contributed by atoms with van der Waals surface area (Å²) in [7, 11) is -3.79. The summed E-state index contributed by atoms with van der Waals surface area (Å²) >= 11 is 0. The van der Waals surface area contributed by atoms with Crippen molar-refractivity contribution in [1.29, 1.82) is 0 Å². The topological polar surface area (TPSA) is 97.4 Å². The molecule has 0 radical (unpaired) electrons. The first-order valence-corrected chi connectivity index (χ1v) is 12.1. The maximum absolute atomic E-state index is 14.4. The molecule has 0 aliphatic heterocycles. The number of aromatic nitrogens is 1. The lowest BCUT2D eigenvalue weighted by molar-refractivity contribution is -0.141. The normalized spacial score (nSPS) is 11.5. The fourth-order valence-electron chi connectivity index (χ4n) is 2.83. The van der Waals surface area contributed by atoms with Crippen LogP contribution in [0.3, 0.4) is 0 Å². The van der Waals surface area contributed by atoms with Gasteiger partial charge in [0.05, 0.1) is 24.1 Å². The molecule has 1 aromatic carbocycles. The smallest absolute Gasteiger partial charge is 0.433 e. The molecule has 0 fully saturated rings. The van der Waals surface area contributed by atoms with Gasteiger partial charge in [0.2, 0.25) is 15.9 Å². The molecule has 0 saturated heterocycles. The van der Waals surface area contributed by atoms with E-state index < -0.39 is 39.3 Å². The number of terminal acetylenes is 1. The number of carbonyl (C=O) groups excluding carboxylic acids is 1. The van der Waals surface area contributed by atoms with E-state index >= 15 is 0 Å². The number of amides is 1. The van der Waals surface area contributed by atoms with E-state index in [-0.39, 0.29) is 41.3 Å². The Balaban J connectivity index is 2.24. The largest absolute Gasteiger partial charge is 0.477 e. The first kappa shape index (κ1) is 27.7. The fourth-order valence-corrected chi connectivity index (χ4v) is 3.41. The van der Waals surface area contributed by atoms with Crippen molar-refractivity contribution in [1.82, 2.24) is 10.3 Å². The number of sulfonamides is 1. The Labute approximate surface area is 200 Å². The third kappa shape index (κ3) is 7.71. The van der Waals surface area contributed by atoms with Crippen LogP contribution in [-0.2, 0) is 27.5 Å². The zero-order chi connectivity index (χ0) is 26.4. The Kier molecular flexibility index (Phi) is 8.87. The zero-order valence-corrected chi connectivity index (χ0v) is 19.7. The molecule has 2 rings (SSSR count). The van der Waals surface area contributed by atoms with Crippen molar-refractivity contribution in [3.8, 4) is 18.2 Å². The maximum atomic E-state index is 14.4. The number of nitrogens with zero attached hydrogens (tertiary/aromatic N) is 1. The molecule has 0 saturated carbocycles. The van der Waals surface area contributed by atoms with Gasteiger partial charge in [0.15, 0.2) is 0 Å². The van der Waals surface area contributed by atoms with Crippen LogP contribution in [0.2, 0.25) is 0 Å². The average Bonchev–Trinajstić information content (AvgIpc) is 2.77. The summed E-state index contributed by atoms with van der Waals surface area (Å²) in [6, 6.07) is 4.04. The predicted molar refractivity (Wildman–Crippen MR) is 123 cm³/mol. The van der Waals surface area contributed by atoms with Gasteiger partial charge in [-0.3, -0.25) is 9.52 Å². The van der Waals surface area contributed by atoms with E-state index in [1.165, 1.54) is 6.07 Å². The molecule has 0 bridgehead atoms. The summed E-state index contributed by atoms with van der Waals surface area (Å²) in [6.45, 7) is 5.36. The van der Waals surface area contributed by atoms with E-state index in [1.807, 2.05) is 11.6 Å². The Hall–Kier alpha value is -3.59. The van der Waals surface area contributed by atoms with Crippen molar-refractivity contribution < 1.29 is 35.5 Å². The monoisotopic (exact) mass is 513 g/mol. The number of alkyl halides is 3. The van der Waals surface area contributed by atoms with Crippen molar-refractivity contribution in [3.05, 3.63) is 59.0 Å². The van der Waals surface area contributed by atoms with E-state index in [4.69, 9.17) is 11.2 Å². The second kappa shape index (κ2) is 11.2. The van der Waals surface area contributed by atoms with Crippen molar-refractivity contribution >= 4 is 27.2 Å². The molecular formula is C23H23F4N3O4S. The number of ether oxygens (including phenoxy) is 1. The standard InChI is InChI=1S/C23H23F4N3O4S/c1-5-7-10-34-22-17(8-9-19(29-22)23(25,26)27)14(3)21(31)28-13-15-11-16(6-2)20(18(24)12-15)30-35(4,32)33/h2,8-9,11-12,30H,3,5,7,10,13H2,1,4H3,(H,28,31). The first-order chi connectivity index (χ1) is 16.3. The molecule has 0 aliphatic carbocycles. The number of carbonyl (C=O) groups is 1. The highest BCUT2D eigenvalue weighted by molar-refractivity contribution is 7.92. The Morgan fingerprint density at radius 2 is 1.97 bits per heavy atom. The number of halogens is 4. The number of nitrogens with one attached hydrogen (secondary N) is 2. The van der Waals surface area contributed by atoms with E-state index in [1.54, 1.807) is 0 Å². The van der Waals surface area contributed by atoms with Crippen LogP contribution in [0.5, 0.6) is 5.88 Å². The van der Waals surface area contributed by atoms with Gasteiger partial charge in [0.1, 0.15) is 11.5 Å². The third-order valence-electron chi connectivity index (χ3n) is 4.53. The van der Waals surface area contributed by atoms with Crippen molar-refractivity contribution in [3.63, 3.8) is 0 Å². The lowest BCUT2D eigenvalue weighted by atomic mass is 10.1. The highest BCUT2D eigenvalue weighted by atomic mass is 32.2. The molecule has 0 atom stereocenters. The van der Waals surface area contributed by atoms with Crippen LogP contribution in [-0.4, -0.2) is 32.2 Å². The number of hydrogen-bond acceptors (Lipinski definition) is 5. The van der Waals surface area contributed by atoms with Crippen molar-refractivity contribution in [2.45, 2.75) is 32.5 Å². The molecule has 35 heavy (non-hydrogen) atoms. The minimum atomic E-state index is -4.71. The van der Waals surface area contributed by atoms with Crippen molar-refractivity contribution in [2.75, 3.05) is 17.6 Å². The number of unbranched alkanes of at least 4 members (excludes halogenated alkanes) is 1. The van der Waals surface area contributed by atoms with Gasteiger partial charge in [0, 0.05) is 17.7 Å². The zero-order valence-electron chi connectivity index (χ0n) is 18.9. The van der Waals surface area contributed by atoms with Crippen LogP contribution < -0.4 is 14.8 Å². The molecule has 1 aromatic heterocycles. The average molecular weight is 514 g/mol. The number of anilines is 1. The summed E-state index contributed by atoms with van der Waals surface area (Å²) in [6.07, 6.45) is 2.76. The molecule has 0 spiro atoms. The van der Waals surface area contributed by atoms with Crippen LogP contribution in [0, 0.1) is 18.2 Å². The molecule has 1 amide bonds. The van der Waals surface area contributed by atoms with Gasteiger partial charge in [-0.1, -0.05) is 25.8 Å². The highest BCUT2D eigenvalue weighted by Gasteiger charge is 2.34. The molecule has 1 heterocycles. The van der Waals surface area contributed by atoms with Crippen LogP contribution in [0.25, 0.3) is 5.57 Å². The summed E-state index contributed by atoms with van der Waals surface area (Å²) < 4.78 is 83.9. The lowest BCUT2D eigenvalue weighted by Crippen LogP contribution is -2.24.